The van der Waals surface area contributed by atoms with Crippen LogP contribution >= 0.6 is 15.9 Å². The summed E-state index contributed by atoms with van der Waals surface area (Å²) in [7, 11) is 0. The van der Waals surface area contributed by atoms with Crippen molar-refractivity contribution in [1.29, 1.82) is 0 Å². The number of anilines is 1. The van der Waals surface area contributed by atoms with Gasteiger partial charge in [0.25, 0.3) is 0 Å². The van der Waals surface area contributed by atoms with Crippen LogP contribution in [-0.2, 0) is 0 Å². The second-order valence-corrected chi connectivity index (χ2v) is 6.99. The fourth-order valence-electron chi connectivity index (χ4n) is 3.84. The first-order chi connectivity index (χ1) is 10.1. The van der Waals surface area contributed by atoms with Crippen molar-refractivity contribution in [2.45, 2.75) is 57.2 Å². The molecular formula is C16H21BrF2N2. The first kappa shape index (κ1) is 15.2. The van der Waals surface area contributed by atoms with Crippen molar-refractivity contribution in [3.63, 3.8) is 0 Å². The number of hydrogen-bond acceptors (Lipinski definition) is 2. The van der Waals surface area contributed by atoms with E-state index in [4.69, 9.17) is 0 Å². The lowest BCUT2D eigenvalue weighted by Gasteiger charge is -2.41. The Kier molecular flexibility index (Phi) is 4.50. The average molecular weight is 359 g/mol. The number of nitrogens with one attached hydrogen (secondary N) is 1. The molecule has 2 heterocycles. The largest absolute Gasteiger partial charge is 0.362 e. The van der Waals surface area contributed by atoms with E-state index in [1.165, 1.54) is 6.07 Å². The summed E-state index contributed by atoms with van der Waals surface area (Å²) in [5.41, 5.74) is 0.540. The summed E-state index contributed by atoms with van der Waals surface area (Å²) >= 11 is 3.34. The monoisotopic (exact) mass is 358 g/mol. The summed E-state index contributed by atoms with van der Waals surface area (Å²) < 4.78 is 28.1. The number of hydrogen-bond donors (Lipinski definition) is 1. The van der Waals surface area contributed by atoms with Crippen molar-refractivity contribution in [3.8, 4) is 0 Å². The lowest BCUT2D eigenvalue weighted by Crippen LogP contribution is -2.49. The zero-order valence-electron chi connectivity index (χ0n) is 12.2. The quantitative estimate of drug-likeness (QED) is 0.866. The molecule has 2 aliphatic heterocycles. The molecule has 2 aliphatic rings. The summed E-state index contributed by atoms with van der Waals surface area (Å²) in [6, 6.07) is 3.59. The molecule has 5 heteroatoms. The highest BCUT2D eigenvalue weighted by Gasteiger charge is 2.42. The highest BCUT2D eigenvalue weighted by atomic mass is 79.9. The number of fused-ring (bicyclic) bond motifs is 2. The van der Waals surface area contributed by atoms with E-state index in [2.05, 4.69) is 33.1 Å². The summed E-state index contributed by atoms with van der Waals surface area (Å²) in [6.45, 7) is 3.21. The molecule has 2 unspecified atom stereocenters. The predicted molar refractivity (Wildman–Crippen MR) is 84.7 cm³/mol. The summed E-state index contributed by atoms with van der Waals surface area (Å²) in [5, 5.41) is 3.59. The van der Waals surface area contributed by atoms with E-state index in [-0.39, 0.29) is 0 Å². The molecule has 2 nitrogen and oxygen atoms in total. The Bertz CT molecular complexity index is 486. The zero-order valence-corrected chi connectivity index (χ0v) is 13.8. The van der Waals surface area contributed by atoms with Gasteiger partial charge in [-0.15, -0.1) is 0 Å². The molecule has 0 aliphatic carbocycles. The van der Waals surface area contributed by atoms with E-state index in [1.807, 2.05) is 0 Å². The van der Waals surface area contributed by atoms with Gasteiger partial charge < -0.3 is 10.2 Å². The van der Waals surface area contributed by atoms with Gasteiger partial charge in [0.1, 0.15) is 5.82 Å². The van der Waals surface area contributed by atoms with Crippen molar-refractivity contribution in [1.82, 2.24) is 5.32 Å². The summed E-state index contributed by atoms with van der Waals surface area (Å²) in [4.78, 5) is 2.18. The third kappa shape index (κ3) is 2.95. The van der Waals surface area contributed by atoms with Gasteiger partial charge in [-0.1, -0.05) is 6.92 Å². The molecule has 3 rings (SSSR count). The molecule has 2 saturated heterocycles. The predicted octanol–water partition coefficient (Wildman–Crippen LogP) is 4.23. The Labute approximate surface area is 133 Å². The van der Waals surface area contributed by atoms with Crippen LogP contribution in [0.1, 0.15) is 39.0 Å². The minimum Gasteiger partial charge on any atom is -0.362 e. The number of benzene rings is 1. The number of halogens is 3. The standard InChI is InChI=1S/C16H21BrF2N2/c1-2-5-20-11-8-12-3-4-13(9-11)21(12)16-14(17)6-10(18)7-15(16)19/h6-7,11-13,20H,2-5,8-9H2,1H3. The molecular weight excluding hydrogens is 338 g/mol. The SMILES string of the molecule is CCCNC1CC2CCC(C1)N2c1c(F)cc(F)cc1Br. The van der Waals surface area contributed by atoms with E-state index < -0.39 is 11.6 Å². The van der Waals surface area contributed by atoms with Crippen LogP contribution < -0.4 is 10.2 Å². The molecule has 2 bridgehead atoms. The van der Waals surface area contributed by atoms with Gasteiger partial charge in [-0.25, -0.2) is 8.78 Å². The molecule has 1 aromatic rings. The second kappa shape index (κ2) is 6.21. The van der Waals surface area contributed by atoms with E-state index in [9.17, 15) is 8.78 Å². The van der Waals surface area contributed by atoms with Crippen molar-refractivity contribution in [3.05, 3.63) is 28.2 Å². The topological polar surface area (TPSA) is 15.3 Å². The van der Waals surface area contributed by atoms with Crippen LogP contribution in [0.3, 0.4) is 0 Å². The number of nitrogens with zero attached hydrogens (tertiary/aromatic N) is 1. The van der Waals surface area contributed by atoms with Crippen LogP contribution in [0.4, 0.5) is 14.5 Å². The van der Waals surface area contributed by atoms with Gasteiger partial charge in [0.2, 0.25) is 0 Å². The average Bonchev–Trinajstić information content (AvgIpc) is 2.68. The third-order valence-corrected chi connectivity index (χ3v) is 5.26. The van der Waals surface area contributed by atoms with Crippen molar-refractivity contribution in [2.75, 3.05) is 11.4 Å². The fraction of sp³-hybridized carbons (Fsp3) is 0.625. The highest BCUT2D eigenvalue weighted by Crippen LogP contribution is 2.43. The molecule has 1 N–H and O–H groups in total. The lowest BCUT2D eigenvalue weighted by atomic mass is 9.96. The molecule has 0 aromatic heterocycles. The lowest BCUT2D eigenvalue weighted by molar-refractivity contribution is 0.353. The van der Waals surface area contributed by atoms with Gasteiger partial charge in [0.05, 0.1) is 5.69 Å². The molecule has 0 saturated carbocycles. The summed E-state index contributed by atoms with van der Waals surface area (Å²) in [6.07, 6.45) is 5.41. The van der Waals surface area contributed by atoms with Gasteiger partial charge >= 0.3 is 0 Å². The Morgan fingerprint density at radius 1 is 1.24 bits per heavy atom. The molecule has 116 valence electrons. The van der Waals surface area contributed by atoms with E-state index >= 15 is 0 Å². The van der Waals surface area contributed by atoms with Crippen LogP contribution in [0.5, 0.6) is 0 Å². The van der Waals surface area contributed by atoms with Crippen LogP contribution in [0, 0.1) is 11.6 Å². The smallest absolute Gasteiger partial charge is 0.150 e. The maximum absolute atomic E-state index is 14.2. The van der Waals surface area contributed by atoms with E-state index in [0.717, 1.165) is 44.7 Å². The normalized spacial score (nSPS) is 28.2. The van der Waals surface area contributed by atoms with E-state index in [1.54, 1.807) is 0 Å². The van der Waals surface area contributed by atoms with Gasteiger partial charge in [0.15, 0.2) is 5.82 Å². The van der Waals surface area contributed by atoms with Crippen LogP contribution in [0.2, 0.25) is 0 Å². The van der Waals surface area contributed by atoms with Crippen molar-refractivity contribution < 1.29 is 8.78 Å². The fourth-order valence-corrected chi connectivity index (χ4v) is 4.45. The molecule has 2 atom stereocenters. The van der Waals surface area contributed by atoms with E-state index in [0.29, 0.717) is 28.3 Å². The molecule has 2 fully saturated rings. The minimum absolute atomic E-state index is 0.356. The van der Waals surface area contributed by atoms with Gasteiger partial charge in [-0.2, -0.15) is 0 Å². The van der Waals surface area contributed by atoms with Gasteiger partial charge in [0, 0.05) is 28.7 Å². The third-order valence-electron chi connectivity index (χ3n) is 4.66. The molecule has 0 radical (unpaired) electrons. The second-order valence-electron chi connectivity index (χ2n) is 6.13. The molecule has 0 amide bonds. The maximum Gasteiger partial charge on any atom is 0.150 e. The van der Waals surface area contributed by atoms with Gasteiger partial charge in [-0.05, 0) is 60.6 Å². The first-order valence-electron chi connectivity index (χ1n) is 7.76. The maximum atomic E-state index is 14.2. The number of piperidine rings is 1. The molecule has 21 heavy (non-hydrogen) atoms. The zero-order chi connectivity index (χ0) is 15.0. The molecule has 0 spiro atoms. The Morgan fingerprint density at radius 2 is 1.90 bits per heavy atom. The Hall–Kier alpha value is -0.680. The Morgan fingerprint density at radius 3 is 2.48 bits per heavy atom. The number of rotatable bonds is 4. The van der Waals surface area contributed by atoms with Crippen LogP contribution in [0.15, 0.2) is 16.6 Å². The van der Waals surface area contributed by atoms with Gasteiger partial charge in [-0.3, -0.25) is 0 Å². The minimum atomic E-state index is -0.532. The molecule has 1 aromatic carbocycles. The highest BCUT2D eigenvalue weighted by molar-refractivity contribution is 9.10. The van der Waals surface area contributed by atoms with Crippen LogP contribution in [-0.4, -0.2) is 24.7 Å². The Balaban J connectivity index is 1.82. The van der Waals surface area contributed by atoms with Crippen LogP contribution in [0.25, 0.3) is 0 Å². The van der Waals surface area contributed by atoms with Crippen molar-refractivity contribution in [2.24, 2.45) is 0 Å². The summed E-state index contributed by atoms with van der Waals surface area (Å²) in [5.74, 6) is -0.992. The van der Waals surface area contributed by atoms with Crippen molar-refractivity contribution >= 4 is 21.6 Å². The first-order valence-corrected chi connectivity index (χ1v) is 8.55.